The molecule has 0 atom stereocenters. The maximum absolute atomic E-state index is 13.6. The Balaban J connectivity index is 1.84. The molecule has 0 bridgehead atoms. The average Bonchev–Trinajstić information content (AvgIpc) is 2.93. The number of hydrogen-bond acceptors (Lipinski definition) is 3. The normalized spacial score (nSPS) is 10.5. The molecular formula is C15H19FN4OS. The number of nitrogens with one attached hydrogen (secondary N) is 2. The van der Waals surface area contributed by atoms with Crippen LogP contribution in [-0.4, -0.2) is 35.2 Å². The van der Waals surface area contributed by atoms with Crippen LogP contribution in [0.1, 0.15) is 12.0 Å². The van der Waals surface area contributed by atoms with Gasteiger partial charge < -0.3 is 15.4 Å². The minimum absolute atomic E-state index is 0.233. The molecule has 7 heteroatoms. The van der Waals surface area contributed by atoms with Crippen molar-refractivity contribution in [2.24, 2.45) is 0 Å². The summed E-state index contributed by atoms with van der Waals surface area (Å²) in [7, 11) is 1.67. The minimum Gasteiger partial charge on any atom is -0.385 e. The summed E-state index contributed by atoms with van der Waals surface area (Å²) in [4.78, 5) is 0. The van der Waals surface area contributed by atoms with E-state index in [1.54, 1.807) is 42.3 Å². The first kappa shape index (κ1) is 16.4. The van der Waals surface area contributed by atoms with Crippen molar-refractivity contribution in [3.63, 3.8) is 0 Å². The monoisotopic (exact) mass is 322 g/mol. The molecule has 0 aliphatic rings. The van der Waals surface area contributed by atoms with Gasteiger partial charge in [-0.05, 0) is 24.7 Å². The molecule has 1 aromatic carbocycles. The van der Waals surface area contributed by atoms with E-state index in [-0.39, 0.29) is 5.82 Å². The molecule has 0 unspecified atom stereocenters. The van der Waals surface area contributed by atoms with Crippen LogP contribution in [0.2, 0.25) is 0 Å². The molecule has 5 nitrogen and oxygen atoms in total. The molecule has 0 aliphatic heterocycles. The fourth-order valence-electron chi connectivity index (χ4n) is 1.90. The number of halogens is 1. The molecule has 0 spiro atoms. The van der Waals surface area contributed by atoms with Crippen molar-refractivity contribution in [2.75, 3.05) is 25.6 Å². The second kappa shape index (κ2) is 8.45. The van der Waals surface area contributed by atoms with Crippen molar-refractivity contribution in [3.8, 4) is 0 Å². The van der Waals surface area contributed by atoms with Crippen molar-refractivity contribution in [1.29, 1.82) is 0 Å². The summed E-state index contributed by atoms with van der Waals surface area (Å²) < 4.78 is 20.2. The van der Waals surface area contributed by atoms with E-state index in [1.807, 2.05) is 0 Å². The minimum atomic E-state index is -0.233. The smallest absolute Gasteiger partial charge is 0.171 e. The summed E-state index contributed by atoms with van der Waals surface area (Å²) in [6.07, 6.45) is 2.66. The summed E-state index contributed by atoms with van der Waals surface area (Å²) >= 11 is 5.17. The predicted molar refractivity (Wildman–Crippen MR) is 88.4 cm³/mol. The van der Waals surface area contributed by atoms with Gasteiger partial charge in [-0.2, -0.15) is 5.10 Å². The summed E-state index contributed by atoms with van der Waals surface area (Å²) in [5, 5.41) is 10.9. The Labute approximate surface area is 134 Å². The molecule has 0 fully saturated rings. The van der Waals surface area contributed by atoms with Gasteiger partial charge in [0.2, 0.25) is 0 Å². The molecule has 22 heavy (non-hydrogen) atoms. The summed E-state index contributed by atoms with van der Waals surface area (Å²) in [5.41, 5.74) is 0.595. The Morgan fingerprint density at radius 2 is 2.18 bits per heavy atom. The molecule has 0 saturated carbocycles. The van der Waals surface area contributed by atoms with Crippen LogP contribution in [0, 0.1) is 5.82 Å². The fourth-order valence-corrected chi connectivity index (χ4v) is 2.10. The average molecular weight is 322 g/mol. The highest BCUT2D eigenvalue weighted by Gasteiger charge is 2.05. The van der Waals surface area contributed by atoms with E-state index < -0.39 is 0 Å². The van der Waals surface area contributed by atoms with Gasteiger partial charge >= 0.3 is 0 Å². The lowest BCUT2D eigenvalue weighted by Crippen LogP contribution is -2.30. The van der Waals surface area contributed by atoms with Crippen molar-refractivity contribution in [3.05, 3.63) is 47.9 Å². The van der Waals surface area contributed by atoms with Crippen molar-refractivity contribution >= 4 is 23.1 Å². The quantitative estimate of drug-likeness (QED) is 0.605. The largest absolute Gasteiger partial charge is 0.385 e. The van der Waals surface area contributed by atoms with Gasteiger partial charge in [0.05, 0.1) is 6.54 Å². The number of rotatable bonds is 7. The number of benzene rings is 1. The summed E-state index contributed by atoms with van der Waals surface area (Å²) in [5.74, 6) is 0.392. The van der Waals surface area contributed by atoms with Gasteiger partial charge in [0, 0.05) is 38.1 Å². The Kier molecular flexibility index (Phi) is 6.29. The molecule has 2 rings (SSSR count). The van der Waals surface area contributed by atoms with Crippen LogP contribution in [0.15, 0.2) is 36.5 Å². The lowest BCUT2D eigenvalue weighted by molar-refractivity contribution is 0.196. The maximum Gasteiger partial charge on any atom is 0.171 e. The molecule has 1 aromatic heterocycles. The van der Waals surface area contributed by atoms with Gasteiger partial charge in [0.1, 0.15) is 5.82 Å². The zero-order chi connectivity index (χ0) is 15.8. The van der Waals surface area contributed by atoms with Crippen molar-refractivity contribution in [2.45, 2.75) is 13.0 Å². The Bertz CT molecular complexity index is 617. The van der Waals surface area contributed by atoms with E-state index in [1.165, 1.54) is 6.07 Å². The maximum atomic E-state index is 13.6. The van der Waals surface area contributed by atoms with Crippen molar-refractivity contribution in [1.82, 2.24) is 15.1 Å². The Morgan fingerprint density at radius 1 is 1.36 bits per heavy atom. The topological polar surface area (TPSA) is 51.1 Å². The third kappa shape index (κ3) is 5.09. The third-order valence-corrected chi connectivity index (χ3v) is 3.23. The van der Waals surface area contributed by atoms with Gasteiger partial charge in [-0.3, -0.25) is 4.68 Å². The standard InChI is InChI=1S/C15H19FN4OS/c1-21-10-4-8-17-15(22)18-14-7-9-20(19-14)11-12-5-2-3-6-13(12)16/h2-3,5-7,9H,4,8,10-11H2,1H3,(H2,17,18,19,22). The van der Waals surface area contributed by atoms with Gasteiger partial charge in [-0.15, -0.1) is 0 Å². The molecule has 1 heterocycles. The number of hydrogen-bond donors (Lipinski definition) is 2. The Morgan fingerprint density at radius 3 is 2.95 bits per heavy atom. The van der Waals surface area contributed by atoms with E-state index in [4.69, 9.17) is 17.0 Å². The van der Waals surface area contributed by atoms with Gasteiger partial charge in [0.15, 0.2) is 10.9 Å². The predicted octanol–water partition coefficient (Wildman–Crippen LogP) is 2.39. The molecule has 0 radical (unpaired) electrons. The molecule has 0 saturated heterocycles. The van der Waals surface area contributed by atoms with Crippen LogP contribution < -0.4 is 10.6 Å². The van der Waals surface area contributed by atoms with E-state index in [0.29, 0.717) is 29.6 Å². The number of ether oxygens (including phenoxy) is 1. The van der Waals surface area contributed by atoms with Gasteiger partial charge in [-0.25, -0.2) is 4.39 Å². The lowest BCUT2D eigenvalue weighted by Gasteiger charge is -2.08. The van der Waals surface area contributed by atoms with Gasteiger partial charge in [0.25, 0.3) is 0 Å². The Hall–Kier alpha value is -1.99. The first-order valence-electron chi connectivity index (χ1n) is 6.99. The number of nitrogens with zero attached hydrogens (tertiary/aromatic N) is 2. The molecule has 2 aromatic rings. The first-order chi connectivity index (χ1) is 10.7. The number of methoxy groups -OCH3 is 1. The van der Waals surface area contributed by atoms with E-state index in [9.17, 15) is 4.39 Å². The highest BCUT2D eigenvalue weighted by atomic mass is 32.1. The highest BCUT2D eigenvalue weighted by molar-refractivity contribution is 7.80. The highest BCUT2D eigenvalue weighted by Crippen LogP contribution is 2.10. The second-order valence-electron chi connectivity index (χ2n) is 4.72. The van der Waals surface area contributed by atoms with E-state index >= 15 is 0 Å². The number of anilines is 1. The van der Waals surface area contributed by atoms with Crippen LogP contribution in [0.3, 0.4) is 0 Å². The lowest BCUT2D eigenvalue weighted by atomic mass is 10.2. The molecule has 2 N–H and O–H groups in total. The zero-order valence-electron chi connectivity index (χ0n) is 12.4. The zero-order valence-corrected chi connectivity index (χ0v) is 13.2. The summed E-state index contributed by atoms with van der Waals surface area (Å²) in [6.45, 7) is 1.80. The van der Waals surface area contributed by atoms with Crippen LogP contribution in [-0.2, 0) is 11.3 Å². The van der Waals surface area contributed by atoms with Crippen molar-refractivity contribution < 1.29 is 9.13 Å². The molecular weight excluding hydrogens is 303 g/mol. The molecule has 118 valence electrons. The molecule has 0 amide bonds. The second-order valence-corrected chi connectivity index (χ2v) is 5.13. The number of thiocarbonyl (C=S) groups is 1. The fraction of sp³-hybridized carbons (Fsp3) is 0.333. The molecule has 0 aliphatic carbocycles. The van der Waals surface area contributed by atoms with Crippen LogP contribution in [0.5, 0.6) is 0 Å². The van der Waals surface area contributed by atoms with Crippen LogP contribution in [0.25, 0.3) is 0 Å². The third-order valence-electron chi connectivity index (χ3n) is 2.98. The summed E-state index contributed by atoms with van der Waals surface area (Å²) in [6, 6.07) is 8.45. The number of aromatic nitrogens is 2. The van der Waals surface area contributed by atoms with Crippen LogP contribution in [0.4, 0.5) is 10.2 Å². The van der Waals surface area contributed by atoms with E-state index in [2.05, 4.69) is 15.7 Å². The first-order valence-corrected chi connectivity index (χ1v) is 7.40. The SMILES string of the molecule is COCCCNC(=S)Nc1ccn(Cc2ccccc2F)n1. The van der Waals surface area contributed by atoms with Crippen LogP contribution >= 0.6 is 12.2 Å². The van der Waals surface area contributed by atoms with E-state index in [0.717, 1.165) is 13.0 Å². The van der Waals surface area contributed by atoms with Gasteiger partial charge in [-0.1, -0.05) is 18.2 Å².